The molecular weight excluding hydrogens is 266 g/mol. The van der Waals surface area contributed by atoms with Gasteiger partial charge in [0.05, 0.1) is 12.5 Å². The highest BCUT2D eigenvalue weighted by atomic mass is 16.5. The summed E-state index contributed by atoms with van der Waals surface area (Å²) in [4.78, 5) is 17.2. The lowest BCUT2D eigenvalue weighted by Gasteiger charge is -2.38. The van der Waals surface area contributed by atoms with Crippen LogP contribution >= 0.6 is 0 Å². The third-order valence-electron chi connectivity index (χ3n) is 5.71. The monoisotopic (exact) mass is 295 g/mol. The molecule has 2 saturated carbocycles. The Morgan fingerprint density at radius 1 is 1.19 bits per heavy atom. The van der Waals surface area contributed by atoms with E-state index in [1.807, 2.05) is 6.92 Å². The SMILES string of the molecule is CCOCCN1CCN(C(=O)C2C3CCC(C3)C2N)CC1. The molecule has 3 rings (SSSR count). The summed E-state index contributed by atoms with van der Waals surface area (Å²) in [6.07, 6.45) is 3.63. The Bertz CT molecular complexity index is 367. The Morgan fingerprint density at radius 2 is 1.90 bits per heavy atom. The van der Waals surface area contributed by atoms with Crippen molar-refractivity contribution < 1.29 is 9.53 Å². The molecule has 0 aromatic rings. The highest BCUT2D eigenvalue weighted by molar-refractivity contribution is 5.80. The van der Waals surface area contributed by atoms with Gasteiger partial charge in [0.15, 0.2) is 0 Å². The Kier molecular flexibility index (Phi) is 4.82. The molecule has 0 radical (unpaired) electrons. The van der Waals surface area contributed by atoms with Crippen molar-refractivity contribution >= 4 is 5.91 Å². The highest BCUT2D eigenvalue weighted by Crippen LogP contribution is 2.48. The molecule has 1 heterocycles. The molecule has 2 bridgehead atoms. The van der Waals surface area contributed by atoms with Crippen molar-refractivity contribution in [2.24, 2.45) is 23.5 Å². The van der Waals surface area contributed by atoms with Crippen LogP contribution in [0.1, 0.15) is 26.2 Å². The number of carbonyl (C=O) groups is 1. The molecule has 4 unspecified atom stereocenters. The molecule has 120 valence electrons. The fourth-order valence-corrected chi connectivity index (χ4v) is 4.44. The van der Waals surface area contributed by atoms with Gasteiger partial charge in [0, 0.05) is 45.4 Å². The van der Waals surface area contributed by atoms with Gasteiger partial charge in [0.2, 0.25) is 5.91 Å². The molecule has 0 aromatic heterocycles. The molecule has 1 amide bonds. The van der Waals surface area contributed by atoms with Gasteiger partial charge < -0.3 is 15.4 Å². The minimum atomic E-state index is 0.110. The van der Waals surface area contributed by atoms with Crippen LogP contribution in [-0.4, -0.2) is 67.7 Å². The molecule has 1 aliphatic heterocycles. The Hall–Kier alpha value is -0.650. The number of carbonyl (C=O) groups excluding carboxylic acids is 1. The number of nitrogens with zero attached hydrogens (tertiary/aromatic N) is 2. The molecule has 5 heteroatoms. The Morgan fingerprint density at radius 3 is 2.52 bits per heavy atom. The average Bonchev–Trinajstić information content (AvgIpc) is 3.08. The summed E-state index contributed by atoms with van der Waals surface area (Å²) in [6, 6.07) is 0.118. The minimum Gasteiger partial charge on any atom is -0.380 e. The summed E-state index contributed by atoms with van der Waals surface area (Å²) < 4.78 is 5.40. The van der Waals surface area contributed by atoms with E-state index in [0.717, 1.165) is 45.9 Å². The standard InChI is InChI=1S/C16H29N3O2/c1-2-21-10-9-18-5-7-19(8-6-18)16(20)14-12-3-4-13(11-12)15(14)17/h12-15H,2-11,17H2,1H3. The first-order valence-corrected chi connectivity index (χ1v) is 8.55. The molecule has 3 aliphatic rings. The smallest absolute Gasteiger partial charge is 0.227 e. The van der Waals surface area contributed by atoms with Gasteiger partial charge in [-0.05, 0) is 38.0 Å². The second-order valence-electron chi connectivity index (χ2n) is 6.80. The summed E-state index contributed by atoms with van der Waals surface area (Å²) >= 11 is 0. The van der Waals surface area contributed by atoms with E-state index in [0.29, 0.717) is 17.7 Å². The lowest BCUT2D eigenvalue weighted by molar-refractivity contribution is -0.139. The van der Waals surface area contributed by atoms with Crippen molar-refractivity contribution in [2.45, 2.75) is 32.2 Å². The fourth-order valence-electron chi connectivity index (χ4n) is 4.44. The van der Waals surface area contributed by atoms with Crippen LogP contribution in [0.4, 0.5) is 0 Å². The van der Waals surface area contributed by atoms with Gasteiger partial charge in [-0.3, -0.25) is 9.69 Å². The first-order valence-electron chi connectivity index (χ1n) is 8.55. The van der Waals surface area contributed by atoms with E-state index in [2.05, 4.69) is 9.80 Å². The first kappa shape index (κ1) is 15.3. The number of fused-ring (bicyclic) bond motifs is 2. The lowest BCUT2D eigenvalue weighted by Crippen LogP contribution is -2.54. The first-order chi connectivity index (χ1) is 10.2. The van der Waals surface area contributed by atoms with Crippen LogP contribution in [0.2, 0.25) is 0 Å². The van der Waals surface area contributed by atoms with Crippen molar-refractivity contribution in [3.63, 3.8) is 0 Å². The van der Waals surface area contributed by atoms with Crippen LogP contribution in [0.15, 0.2) is 0 Å². The number of hydrogen-bond acceptors (Lipinski definition) is 4. The Labute approximate surface area is 127 Å². The van der Waals surface area contributed by atoms with Gasteiger partial charge in [0.1, 0.15) is 0 Å². The number of amides is 1. The van der Waals surface area contributed by atoms with E-state index in [4.69, 9.17) is 10.5 Å². The zero-order chi connectivity index (χ0) is 14.8. The van der Waals surface area contributed by atoms with Crippen LogP contribution in [0, 0.1) is 17.8 Å². The van der Waals surface area contributed by atoms with Crippen molar-refractivity contribution in [1.29, 1.82) is 0 Å². The predicted molar refractivity (Wildman–Crippen MR) is 81.8 cm³/mol. The second kappa shape index (κ2) is 6.63. The summed E-state index contributed by atoms with van der Waals surface area (Å²) in [7, 11) is 0. The van der Waals surface area contributed by atoms with Crippen molar-refractivity contribution in [3.05, 3.63) is 0 Å². The van der Waals surface area contributed by atoms with Crippen molar-refractivity contribution in [1.82, 2.24) is 9.80 Å². The van der Waals surface area contributed by atoms with Crippen LogP contribution in [0.3, 0.4) is 0 Å². The average molecular weight is 295 g/mol. The normalized spacial score (nSPS) is 36.4. The topological polar surface area (TPSA) is 58.8 Å². The molecule has 2 N–H and O–H groups in total. The van der Waals surface area contributed by atoms with Crippen LogP contribution in [0.25, 0.3) is 0 Å². The van der Waals surface area contributed by atoms with E-state index >= 15 is 0 Å². The van der Waals surface area contributed by atoms with Gasteiger partial charge in [-0.2, -0.15) is 0 Å². The second-order valence-corrected chi connectivity index (χ2v) is 6.80. The maximum Gasteiger partial charge on any atom is 0.227 e. The van der Waals surface area contributed by atoms with Gasteiger partial charge >= 0.3 is 0 Å². The fraction of sp³-hybridized carbons (Fsp3) is 0.938. The van der Waals surface area contributed by atoms with E-state index in [1.54, 1.807) is 0 Å². The molecule has 21 heavy (non-hydrogen) atoms. The van der Waals surface area contributed by atoms with E-state index in [9.17, 15) is 4.79 Å². The minimum absolute atomic E-state index is 0.110. The third-order valence-corrected chi connectivity index (χ3v) is 5.71. The van der Waals surface area contributed by atoms with Gasteiger partial charge in [-0.1, -0.05) is 0 Å². The van der Waals surface area contributed by atoms with Crippen LogP contribution in [-0.2, 0) is 9.53 Å². The number of piperazine rings is 1. The van der Waals surface area contributed by atoms with E-state index in [-0.39, 0.29) is 12.0 Å². The maximum atomic E-state index is 12.8. The summed E-state index contributed by atoms with van der Waals surface area (Å²) in [5, 5.41) is 0. The summed E-state index contributed by atoms with van der Waals surface area (Å²) in [5.74, 6) is 1.61. The largest absolute Gasteiger partial charge is 0.380 e. The summed E-state index contributed by atoms with van der Waals surface area (Å²) in [6.45, 7) is 8.21. The van der Waals surface area contributed by atoms with Crippen molar-refractivity contribution in [2.75, 3.05) is 45.9 Å². The number of nitrogens with two attached hydrogens (primary N) is 1. The predicted octanol–water partition coefficient (Wildman–Crippen LogP) is 0.541. The molecule has 5 nitrogen and oxygen atoms in total. The molecule has 1 saturated heterocycles. The molecule has 2 aliphatic carbocycles. The molecule has 0 aromatic carbocycles. The van der Waals surface area contributed by atoms with Gasteiger partial charge in [-0.15, -0.1) is 0 Å². The lowest BCUT2D eigenvalue weighted by atomic mass is 9.84. The zero-order valence-corrected chi connectivity index (χ0v) is 13.2. The molecular formula is C16H29N3O2. The van der Waals surface area contributed by atoms with Gasteiger partial charge in [-0.25, -0.2) is 0 Å². The molecule has 0 spiro atoms. The van der Waals surface area contributed by atoms with Crippen LogP contribution in [0.5, 0.6) is 0 Å². The number of ether oxygens (including phenoxy) is 1. The molecule has 4 atom stereocenters. The maximum absolute atomic E-state index is 12.8. The van der Waals surface area contributed by atoms with Crippen molar-refractivity contribution in [3.8, 4) is 0 Å². The van der Waals surface area contributed by atoms with Crippen LogP contribution < -0.4 is 5.73 Å². The number of rotatable bonds is 5. The molecule has 3 fully saturated rings. The Balaban J connectivity index is 1.47. The van der Waals surface area contributed by atoms with Gasteiger partial charge in [0.25, 0.3) is 0 Å². The third kappa shape index (κ3) is 3.10. The van der Waals surface area contributed by atoms with E-state index < -0.39 is 0 Å². The quantitative estimate of drug-likeness (QED) is 0.752. The number of hydrogen-bond donors (Lipinski definition) is 1. The van der Waals surface area contributed by atoms with E-state index in [1.165, 1.54) is 19.3 Å². The summed E-state index contributed by atoms with van der Waals surface area (Å²) in [5.41, 5.74) is 6.31. The highest BCUT2D eigenvalue weighted by Gasteiger charge is 2.50. The zero-order valence-electron chi connectivity index (χ0n) is 13.2.